The average molecular weight is 191 g/mol. The average Bonchev–Trinajstić information content (AvgIpc) is 2.16. The quantitative estimate of drug-likeness (QED) is 0.735. The van der Waals surface area contributed by atoms with E-state index in [-0.39, 0.29) is 0 Å². The fourth-order valence-electron chi connectivity index (χ4n) is 2.23. The third-order valence-electron chi connectivity index (χ3n) is 2.85. The molecule has 2 nitrogen and oxygen atoms in total. The Hall–Kier alpha value is -1.02. The number of rotatable bonds is 1. The molecule has 0 saturated carbocycles. The van der Waals surface area contributed by atoms with Crippen LogP contribution >= 0.6 is 0 Å². The van der Waals surface area contributed by atoms with Crippen LogP contribution in [0.3, 0.4) is 0 Å². The van der Waals surface area contributed by atoms with E-state index in [1.54, 1.807) is 0 Å². The summed E-state index contributed by atoms with van der Waals surface area (Å²) in [4.78, 5) is 0. The Kier molecular flexibility index (Phi) is 2.46. The lowest BCUT2D eigenvalue weighted by molar-refractivity contribution is 0.256. The zero-order valence-corrected chi connectivity index (χ0v) is 9.05. The van der Waals surface area contributed by atoms with Gasteiger partial charge in [0.2, 0.25) is 0 Å². The minimum absolute atomic E-state index is 0.458. The standard InChI is InChI=1S/C12H17NO/c1-8-6-9(2)12-10(13-3)4-5-14-11(12)7-8/h6-7,10,13H,4-5H2,1-3H3. The summed E-state index contributed by atoms with van der Waals surface area (Å²) in [6.07, 6.45) is 1.06. The molecule has 0 aromatic heterocycles. The summed E-state index contributed by atoms with van der Waals surface area (Å²) in [6.45, 7) is 5.09. The van der Waals surface area contributed by atoms with E-state index in [0.717, 1.165) is 18.8 Å². The molecule has 1 aromatic rings. The summed E-state index contributed by atoms with van der Waals surface area (Å²) >= 11 is 0. The number of hydrogen-bond donors (Lipinski definition) is 1. The van der Waals surface area contributed by atoms with Gasteiger partial charge < -0.3 is 10.1 Å². The number of benzene rings is 1. The summed E-state index contributed by atoms with van der Waals surface area (Å²) < 4.78 is 5.68. The summed E-state index contributed by atoms with van der Waals surface area (Å²) in [6, 6.07) is 4.81. The Morgan fingerprint density at radius 2 is 2.14 bits per heavy atom. The maximum Gasteiger partial charge on any atom is 0.124 e. The van der Waals surface area contributed by atoms with Crippen molar-refractivity contribution in [1.82, 2.24) is 5.32 Å². The van der Waals surface area contributed by atoms with Crippen LogP contribution in [0.1, 0.15) is 29.2 Å². The summed E-state index contributed by atoms with van der Waals surface area (Å²) in [7, 11) is 2.01. The monoisotopic (exact) mass is 191 g/mol. The van der Waals surface area contributed by atoms with Crippen molar-refractivity contribution in [2.24, 2.45) is 0 Å². The molecule has 0 spiro atoms. The molecule has 14 heavy (non-hydrogen) atoms. The van der Waals surface area contributed by atoms with Gasteiger partial charge in [-0.3, -0.25) is 0 Å². The first-order valence-corrected chi connectivity index (χ1v) is 5.13. The zero-order chi connectivity index (χ0) is 10.1. The molecule has 76 valence electrons. The van der Waals surface area contributed by atoms with Crippen LogP contribution in [0.4, 0.5) is 0 Å². The van der Waals surface area contributed by atoms with E-state index in [1.165, 1.54) is 16.7 Å². The fourth-order valence-corrected chi connectivity index (χ4v) is 2.23. The highest BCUT2D eigenvalue weighted by molar-refractivity contribution is 5.46. The first kappa shape index (κ1) is 9.53. The molecule has 1 heterocycles. The highest BCUT2D eigenvalue weighted by Crippen LogP contribution is 2.35. The molecular formula is C12H17NO. The van der Waals surface area contributed by atoms with Crippen molar-refractivity contribution in [2.45, 2.75) is 26.3 Å². The van der Waals surface area contributed by atoms with Gasteiger partial charge in [-0.05, 0) is 38.1 Å². The SMILES string of the molecule is CNC1CCOc2cc(C)cc(C)c21. The van der Waals surface area contributed by atoms with Gasteiger partial charge in [0.1, 0.15) is 5.75 Å². The van der Waals surface area contributed by atoms with Gasteiger partial charge in [0, 0.05) is 18.0 Å². The van der Waals surface area contributed by atoms with Gasteiger partial charge in [-0.2, -0.15) is 0 Å². The molecule has 2 heteroatoms. The van der Waals surface area contributed by atoms with Crippen molar-refractivity contribution in [3.8, 4) is 5.75 Å². The zero-order valence-electron chi connectivity index (χ0n) is 9.05. The summed E-state index contributed by atoms with van der Waals surface area (Å²) in [5, 5.41) is 3.34. The first-order valence-electron chi connectivity index (χ1n) is 5.13. The maximum atomic E-state index is 5.68. The van der Waals surface area contributed by atoms with Crippen LogP contribution in [0, 0.1) is 13.8 Å². The van der Waals surface area contributed by atoms with Crippen molar-refractivity contribution >= 4 is 0 Å². The Bertz CT molecular complexity index is 346. The van der Waals surface area contributed by atoms with Gasteiger partial charge in [-0.25, -0.2) is 0 Å². The van der Waals surface area contributed by atoms with Gasteiger partial charge in [0.05, 0.1) is 6.61 Å². The van der Waals surface area contributed by atoms with Gasteiger partial charge >= 0.3 is 0 Å². The van der Waals surface area contributed by atoms with Crippen LogP contribution in [-0.4, -0.2) is 13.7 Å². The Balaban J connectivity index is 2.51. The molecule has 1 atom stereocenters. The molecule has 0 fully saturated rings. The van der Waals surface area contributed by atoms with Crippen molar-refractivity contribution < 1.29 is 4.74 Å². The minimum atomic E-state index is 0.458. The van der Waals surface area contributed by atoms with E-state index in [0.29, 0.717) is 6.04 Å². The second-order valence-electron chi connectivity index (χ2n) is 3.97. The molecule has 0 radical (unpaired) electrons. The molecule has 0 aliphatic carbocycles. The molecule has 1 aliphatic rings. The molecule has 2 rings (SSSR count). The molecule has 1 aliphatic heterocycles. The number of nitrogens with one attached hydrogen (secondary N) is 1. The van der Waals surface area contributed by atoms with Crippen molar-refractivity contribution in [3.63, 3.8) is 0 Å². The smallest absolute Gasteiger partial charge is 0.124 e. The molecule has 1 unspecified atom stereocenters. The molecular weight excluding hydrogens is 174 g/mol. The lowest BCUT2D eigenvalue weighted by Gasteiger charge is -2.27. The number of fused-ring (bicyclic) bond motifs is 1. The summed E-state index contributed by atoms with van der Waals surface area (Å²) in [5.74, 6) is 1.06. The van der Waals surface area contributed by atoms with Crippen molar-refractivity contribution in [1.29, 1.82) is 0 Å². The van der Waals surface area contributed by atoms with Crippen molar-refractivity contribution in [3.05, 3.63) is 28.8 Å². The second-order valence-corrected chi connectivity index (χ2v) is 3.97. The molecule has 0 amide bonds. The van der Waals surface area contributed by atoms with Gasteiger partial charge in [0.25, 0.3) is 0 Å². The van der Waals surface area contributed by atoms with Crippen LogP contribution in [0.25, 0.3) is 0 Å². The second kappa shape index (κ2) is 3.62. The number of ether oxygens (including phenoxy) is 1. The largest absolute Gasteiger partial charge is 0.493 e. The topological polar surface area (TPSA) is 21.3 Å². The molecule has 0 saturated heterocycles. The van der Waals surface area contributed by atoms with Crippen LogP contribution in [0.15, 0.2) is 12.1 Å². The maximum absolute atomic E-state index is 5.68. The Labute approximate surface area is 85.3 Å². The van der Waals surface area contributed by atoms with Gasteiger partial charge in [-0.15, -0.1) is 0 Å². The first-order chi connectivity index (χ1) is 6.72. The van der Waals surface area contributed by atoms with E-state index < -0.39 is 0 Å². The predicted octanol–water partition coefficient (Wildman–Crippen LogP) is 2.35. The van der Waals surface area contributed by atoms with E-state index in [2.05, 4.69) is 31.3 Å². The highest BCUT2D eigenvalue weighted by Gasteiger charge is 2.21. The van der Waals surface area contributed by atoms with E-state index >= 15 is 0 Å². The minimum Gasteiger partial charge on any atom is -0.493 e. The van der Waals surface area contributed by atoms with E-state index in [4.69, 9.17) is 4.74 Å². The highest BCUT2D eigenvalue weighted by atomic mass is 16.5. The van der Waals surface area contributed by atoms with Crippen LogP contribution in [0.5, 0.6) is 5.75 Å². The third kappa shape index (κ3) is 1.50. The lowest BCUT2D eigenvalue weighted by Crippen LogP contribution is -2.25. The Morgan fingerprint density at radius 3 is 2.86 bits per heavy atom. The number of hydrogen-bond acceptors (Lipinski definition) is 2. The Morgan fingerprint density at radius 1 is 1.36 bits per heavy atom. The normalized spacial score (nSPS) is 20.1. The predicted molar refractivity (Wildman–Crippen MR) is 57.8 cm³/mol. The number of aryl methyl sites for hydroxylation is 2. The fraction of sp³-hybridized carbons (Fsp3) is 0.500. The lowest BCUT2D eigenvalue weighted by atomic mass is 9.94. The van der Waals surface area contributed by atoms with Crippen LogP contribution < -0.4 is 10.1 Å². The van der Waals surface area contributed by atoms with Crippen molar-refractivity contribution in [2.75, 3.05) is 13.7 Å². The van der Waals surface area contributed by atoms with Crippen LogP contribution in [-0.2, 0) is 0 Å². The van der Waals surface area contributed by atoms with E-state index in [9.17, 15) is 0 Å². The van der Waals surface area contributed by atoms with Crippen LogP contribution in [0.2, 0.25) is 0 Å². The summed E-state index contributed by atoms with van der Waals surface area (Å²) in [5.41, 5.74) is 3.95. The molecule has 0 bridgehead atoms. The van der Waals surface area contributed by atoms with Gasteiger partial charge in [0.15, 0.2) is 0 Å². The molecule has 1 N–H and O–H groups in total. The molecule has 1 aromatic carbocycles. The third-order valence-corrected chi connectivity index (χ3v) is 2.85. The van der Waals surface area contributed by atoms with Gasteiger partial charge in [-0.1, -0.05) is 6.07 Å². The van der Waals surface area contributed by atoms with E-state index in [1.807, 2.05) is 7.05 Å².